The quantitative estimate of drug-likeness (QED) is 0.830. The molecule has 0 saturated carbocycles. The molecule has 27 heavy (non-hydrogen) atoms. The number of anilines is 1. The van der Waals surface area contributed by atoms with E-state index in [-0.39, 0.29) is 11.7 Å². The number of ether oxygens (including phenoxy) is 2. The van der Waals surface area contributed by atoms with E-state index >= 15 is 0 Å². The van der Waals surface area contributed by atoms with Crippen molar-refractivity contribution in [2.75, 3.05) is 44.3 Å². The van der Waals surface area contributed by atoms with Crippen LogP contribution in [0.25, 0.3) is 0 Å². The lowest BCUT2D eigenvalue weighted by Gasteiger charge is -2.36. The zero-order chi connectivity index (χ0) is 18.6. The van der Waals surface area contributed by atoms with Gasteiger partial charge in [0, 0.05) is 38.3 Å². The first-order chi connectivity index (χ1) is 13.2. The van der Waals surface area contributed by atoms with Crippen LogP contribution in [-0.4, -0.2) is 50.2 Å². The summed E-state index contributed by atoms with van der Waals surface area (Å²) in [7, 11) is 0. The maximum atomic E-state index is 13.1. The summed E-state index contributed by atoms with van der Waals surface area (Å²) >= 11 is 0. The lowest BCUT2D eigenvalue weighted by molar-refractivity contribution is -0.131. The Kier molecular flexibility index (Phi) is 5.14. The molecule has 1 saturated heterocycles. The summed E-state index contributed by atoms with van der Waals surface area (Å²) in [4.78, 5) is 16.6. The fraction of sp³-hybridized carbons (Fsp3) is 0.381. The molecule has 2 aromatic rings. The molecule has 0 unspecified atom stereocenters. The number of fused-ring (bicyclic) bond motifs is 1. The fourth-order valence-corrected chi connectivity index (χ4v) is 3.52. The summed E-state index contributed by atoms with van der Waals surface area (Å²) in [6.07, 6.45) is 1.17. The molecule has 0 aliphatic carbocycles. The molecule has 2 aromatic carbocycles. The molecule has 142 valence electrons. The molecular formula is C21H23FN2O3. The van der Waals surface area contributed by atoms with Gasteiger partial charge < -0.3 is 19.3 Å². The topological polar surface area (TPSA) is 42.0 Å². The number of nitrogens with zero attached hydrogens (tertiary/aromatic N) is 2. The molecular weight excluding hydrogens is 347 g/mol. The van der Waals surface area contributed by atoms with Gasteiger partial charge in [-0.25, -0.2) is 4.39 Å². The molecule has 1 fully saturated rings. The number of amides is 1. The molecule has 4 rings (SSSR count). The molecule has 5 nitrogen and oxygen atoms in total. The van der Waals surface area contributed by atoms with E-state index in [1.807, 2.05) is 23.1 Å². The third-order valence-corrected chi connectivity index (χ3v) is 5.06. The van der Waals surface area contributed by atoms with Crippen molar-refractivity contribution in [3.63, 3.8) is 0 Å². The number of halogens is 1. The Bertz CT molecular complexity index is 802. The standard InChI is InChI=1S/C21H23FN2O3/c22-17-3-5-18(6-4-17)23-9-11-24(12-10-23)21(25)8-2-16-1-7-19-20(15-16)27-14-13-26-19/h1,3-7,15H,2,8-14H2. The van der Waals surface area contributed by atoms with Crippen LogP contribution in [0, 0.1) is 5.82 Å². The highest BCUT2D eigenvalue weighted by molar-refractivity contribution is 5.77. The minimum atomic E-state index is -0.230. The summed E-state index contributed by atoms with van der Waals surface area (Å²) in [5.41, 5.74) is 2.08. The van der Waals surface area contributed by atoms with E-state index < -0.39 is 0 Å². The predicted molar refractivity (Wildman–Crippen MR) is 101 cm³/mol. The minimum absolute atomic E-state index is 0.170. The van der Waals surface area contributed by atoms with Crippen LogP contribution in [0.2, 0.25) is 0 Å². The number of hydrogen-bond acceptors (Lipinski definition) is 4. The second-order valence-electron chi connectivity index (χ2n) is 6.82. The van der Waals surface area contributed by atoms with Gasteiger partial charge in [0.1, 0.15) is 19.0 Å². The monoisotopic (exact) mass is 370 g/mol. The van der Waals surface area contributed by atoms with Crippen molar-refractivity contribution in [3.8, 4) is 11.5 Å². The number of aryl methyl sites for hydroxylation is 1. The molecule has 2 aliphatic rings. The predicted octanol–water partition coefficient (Wildman–Crippen LogP) is 2.88. The van der Waals surface area contributed by atoms with Gasteiger partial charge in [-0.3, -0.25) is 4.79 Å². The Morgan fingerprint density at radius 3 is 2.37 bits per heavy atom. The Hall–Kier alpha value is -2.76. The number of hydrogen-bond donors (Lipinski definition) is 0. The molecule has 0 spiro atoms. The smallest absolute Gasteiger partial charge is 0.223 e. The Balaban J connectivity index is 1.28. The Morgan fingerprint density at radius 2 is 1.63 bits per heavy atom. The zero-order valence-electron chi connectivity index (χ0n) is 15.2. The van der Waals surface area contributed by atoms with Crippen molar-refractivity contribution >= 4 is 11.6 Å². The van der Waals surface area contributed by atoms with E-state index in [0.29, 0.717) is 39.1 Å². The normalized spacial score (nSPS) is 16.3. The maximum absolute atomic E-state index is 13.1. The van der Waals surface area contributed by atoms with Crippen molar-refractivity contribution in [2.24, 2.45) is 0 Å². The van der Waals surface area contributed by atoms with Gasteiger partial charge in [-0.15, -0.1) is 0 Å². The first kappa shape index (κ1) is 17.6. The van der Waals surface area contributed by atoms with Crippen LogP contribution in [-0.2, 0) is 11.2 Å². The van der Waals surface area contributed by atoms with Gasteiger partial charge in [0.2, 0.25) is 5.91 Å². The van der Waals surface area contributed by atoms with Crippen LogP contribution in [0.4, 0.5) is 10.1 Å². The molecule has 2 aliphatic heterocycles. The van der Waals surface area contributed by atoms with Crippen LogP contribution in [0.15, 0.2) is 42.5 Å². The van der Waals surface area contributed by atoms with E-state index in [0.717, 1.165) is 35.8 Å². The highest BCUT2D eigenvalue weighted by atomic mass is 19.1. The fourth-order valence-electron chi connectivity index (χ4n) is 3.52. The summed E-state index contributed by atoms with van der Waals surface area (Å²) in [6.45, 7) is 4.06. The molecule has 1 amide bonds. The summed E-state index contributed by atoms with van der Waals surface area (Å²) in [5, 5.41) is 0. The van der Waals surface area contributed by atoms with Crippen LogP contribution in [0.3, 0.4) is 0 Å². The zero-order valence-corrected chi connectivity index (χ0v) is 15.2. The number of benzene rings is 2. The highest BCUT2D eigenvalue weighted by Crippen LogP contribution is 2.31. The third-order valence-electron chi connectivity index (χ3n) is 5.06. The van der Waals surface area contributed by atoms with Gasteiger partial charge >= 0.3 is 0 Å². The van der Waals surface area contributed by atoms with Crippen LogP contribution in [0.1, 0.15) is 12.0 Å². The minimum Gasteiger partial charge on any atom is -0.486 e. The van der Waals surface area contributed by atoms with Crippen LogP contribution in [0.5, 0.6) is 11.5 Å². The molecule has 0 bridgehead atoms. The van der Waals surface area contributed by atoms with E-state index in [4.69, 9.17) is 9.47 Å². The molecule has 2 heterocycles. The number of carbonyl (C=O) groups excluding carboxylic acids is 1. The maximum Gasteiger partial charge on any atom is 0.223 e. The lowest BCUT2D eigenvalue weighted by Crippen LogP contribution is -2.48. The Morgan fingerprint density at radius 1 is 0.926 bits per heavy atom. The van der Waals surface area contributed by atoms with E-state index in [1.165, 1.54) is 12.1 Å². The van der Waals surface area contributed by atoms with E-state index in [1.54, 1.807) is 12.1 Å². The second kappa shape index (κ2) is 7.86. The van der Waals surface area contributed by atoms with Crippen molar-refractivity contribution in [3.05, 3.63) is 53.8 Å². The largest absolute Gasteiger partial charge is 0.486 e. The first-order valence-corrected chi connectivity index (χ1v) is 9.36. The van der Waals surface area contributed by atoms with E-state index in [2.05, 4.69) is 4.90 Å². The van der Waals surface area contributed by atoms with Crippen molar-refractivity contribution in [2.45, 2.75) is 12.8 Å². The van der Waals surface area contributed by atoms with E-state index in [9.17, 15) is 9.18 Å². The van der Waals surface area contributed by atoms with Gasteiger partial charge in [0.15, 0.2) is 11.5 Å². The number of piperazine rings is 1. The molecule has 6 heteroatoms. The summed E-state index contributed by atoms with van der Waals surface area (Å²) in [5.74, 6) is 1.47. The van der Waals surface area contributed by atoms with Gasteiger partial charge in [-0.05, 0) is 48.4 Å². The number of rotatable bonds is 4. The average Bonchev–Trinajstić information content (AvgIpc) is 2.72. The highest BCUT2D eigenvalue weighted by Gasteiger charge is 2.21. The SMILES string of the molecule is O=C(CCc1ccc2c(c1)OCCO2)N1CCN(c2ccc(F)cc2)CC1. The van der Waals surface area contributed by atoms with Crippen LogP contribution < -0.4 is 14.4 Å². The van der Waals surface area contributed by atoms with Gasteiger partial charge in [-0.1, -0.05) is 6.07 Å². The first-order valence-electron chi connectivity index (χ1n) is 9.36. The van der Waals surface area contributed by atoms with Crippen LogP contribution >= 0.6 is 0 Å². The molecule has 0 N–H and O–H groups in total. The number of carbonyl (C=O) groups is 1. The van der Waals surface area contributed by atoms with Gasteiger partial charge in [-0.2, -0.15) is 0 Å². The van der Waals surface area contributed by atoms with Gasteiger partial charge in [0.25, 0.3) is 0 Å². The lowest BCUT2D eigenvalue weighted by atomic mass is 10.1. The summed E-state index contributed by atoms with van der Waals surface area (Å²) in [6, 6.07) is 12.4. The molecule has 0 aromatic heterocycles. The van der Waals surface area contributed by atoms with Crippen molar-refractivity contribution in [1.29, 1.82) is 0 Å². The van der Waals surface area contributed by atoms with Crippen molar-refractivity contribution < 1.29 is 18.7 Å². The average molecular weight is 370 g/mol. The second-order valence-corrected chi connectivity index (χ2v) is 6.82. The summed E-state index contributed by atoms with van der Waals surface area (Å²) < 4.78 is 24.2. The molecule has 0 atom stereocenters. The molecule has 0 radical (unpaired) electrons. The third kappa shape index (κ3) is 4.15. The van der Waals surface area contributed by atoms with Gasteiger partial charge in [0.05, 0.1) is 0 Å². The Labute approximate surface area is 158 Å². The van der Waals surface area contributed by atoms with Crippen molar-refractivity contribution in [1.82, 2.24) is 4.90 Å².